The summed E-state index contributed by atoms with van der Waals surface area (Å²) in [4.78, 5) is 2.62. The molecule has 2 fully saturated rings. The third kappa shape index (κ3) is 2.85. The maximum absolute atomic E-state index is 5.25. The molecule has 118 valence electrons. The van der Waals surface area contributed by atoms with Crippen LogP contribution in [-0.2, 0) is 13.1 Å². The molecule has 2 aliphatic rings. The van der Waals surface area contributed by atoms with Gasteiger partial charge in [0.1, 0.15) is 5.76 Å². The molecule has 0 unspecified atom stereocenters. The largest absolute Gasteiger partial charge is 0.361 e. The van der Waals surface area contributed by atoms with Crippen LogP contribution in [0.5, 0.6) is 0 Å². The maximum Gasteiger partial charge on any atom is 0.133 e. The number of hydrogen-bond donors (Lipinski definition) is 1. The van der Waals surface area contributed by atoms with E-state index in [1.165, 1.54) is 37.9 Å². The second kappa shape index (κ2) is 5.80. The van der Waals surface area contributed by atoms with Gasteiger partial charge < -0.3 is 9.84 Å². The molecule has 5 heteroatoms. The van der Waals surface area contributed by atoms with Gasteiger partial charge in [-0.3, -0.25) is 4.90 Å². The number of aromatic nitrogens is 1. The van der Waals surface area contributed by atoms with Crippen LogP contribution in [0.1, 0.15) is 36.3 Å². The van der Waals surface area contributed by atoms with Crippen LogP contribution in [0.2, 0.25) is 0 Å². The Morgan fingerprint density at radius 1 is 1.41 bits per heavy atom. The van der Waals surface area contributed by atoms with E-state index in [4.69, 9.17) is 4.52 Å². The van der Waals surface area contributed by atoms with E-state index in [9.17, 15) is 0 Å². The van der Waals surface area contributed by atoms with E-state index in [0.29, 0.717) is 11.5 Å². The van der Waals surface area contributed by atoms with Gasteiger partial charge in [0, 0.05) is 25.2 Å². The van der Waals surface area contributed by atoms with Gasteiger partial charge in [0.15, 0.2) is 0 Å². The van der Waals surface area contributed by atoms with Crippen LogP contribution < -0.4 is 5.32 Å². The Morgan fingerprint density at radius 3 is 2.95 bits per heavy atom. The Labute approximate surface area is 135 Å². The first-order valence-electron chi connectivity index (χ1n) is 8.13. The van der Waals surface area contributed by atoms with Crippen LogP contribution in [0.25, 0.3) is 0 Å². The summed E-state index contributed by atoms with van der Waals surface area (Å²) in [5.41, 5.74) is 3.03. The summed E-state index contributed by atoms with van der Waals surface area (Å²) in [7, 11) is 0. The lowest BCUT2D eigenvalue weighted by Crippen LogP contribution is -2.35. The van der Waals surface area contributed by atoms with Gasteiger partial charge in [-0.05, 0) is 67.1 Å². The van der Waals surface area contributed by atoms with Crippen molar-refractivity contribution in [2.75, 3.05) is 13.1 Å². The lowest BCUT2D eigenvalue weighted by Gasteiger charge is -2.29. The van der Waals surface area contributed by atoms with Crippen molar-refractivity contribution >= 4 is 11.3 Å². The number of thiophene rings is 1. The fourth-order valence-electron chi connectivity index (χ4n) is 3.90. The molecule has 0 bridgehead atoms. The summed E-state index contributed by atoms with van der Waals surface area (Å²) in [6.45, 7) is 6.23. The third-order valence-electron chi connectivity index (χ3n) is 5.19. The van der Waals surface area contributed by atoms with E-state index in [1.54, 1.807) is 11.3 Å². The number of nitrogens with zero attached hydrogens (tertiary/aromatic N) is 2. The standard InChI is InChI=1S/C17H23N3OS/c1-13-8-15(19-21-13)11-20(10-14-2-7-22-12-14)16-9-17(16)3-5-18-6-4-17/h2,7-8,12,16,18H,3-6,9-11H2,1H3/t16-/m0/s1. The van der Waals surface area contributed by atoms with Gasteiger partial charge in [0.05, 0.1) is 5.69 Å². The lowest BCUT2D eigenvalue weighted by atomic mass is 9.93. The molecule has 22 heavy (non-hydrogen) atoms. The first kappa shape index (κ1) is 14.4. The number of rotatable bonds is 5. The van der Waals surface area contributed by atoms with E-state index in [-0.39, 0.29) is 0 Å². The van der Waals surface area contributed by atoms with Crippen LogP contribution in [0.4, 0.5) is 0 Å². The van der Waals surface area contributed by atoms with Crippen LogP contribution in [0.15, 0.2) is 27.4 Å². The molecule has 1 atom stereocenters. The second-order valence-corrected chi connectivity index (χ2v) is 7.58. The highest BCUT2D eigenvalue weighted by Gasteiger charge is 2.56. The molecule has 1 aliphatic heterocycles. The predicted molar refractivity (Wildman–Crippen MR) is 87.7 cm³/mol. The first-order valence-corrected chi connectivity index (χ1v) is 9.08. The van der Waals surface area contributed by atoms with E-state index in [0.717, 1.165) is 24.5 Å². The van der Waals surface area contributed by atoms with Crippen molar-refractivity contribution in [1.29, 1.82) is 0 Å². The summed E-state index contributed by atoms with van der Waals surface area (Å²) in [6, 6.07) is 5.01. The molecular formula is C17H23N3OS. The summed E-state index contributed by atoms with van der Waals surface area (Å²) in [6.07, 6.45) is 3.97. The smallest absolute Gasteiger partial charge is 0.133 e. The average molecular weight is 317 g/mol. The summed E-state index contributed by atoms with van der Waals surface area (Å²) < 4.78 is 5.25. The summed E-state index contributed by atoms with van der Waals surface area (Å²) in [5.74, 6) is 0.901. The van der Waals surface area contributed by atoms with Gasteiger partial charge >= 0.3 is 0 Å². The molecule has 1 saturated heterocycles. The van der Waals surface area contributed by atoms with Crippen molar-refractivity contribution < 1.29 is 4.52 Å². The number of hydrogen-bond acceptors (Lipinski definition) is 5. The number of piperidine rings is 1. The average Bonchev–Trinajstić information content (AvgIpc) is 2.90. The van der Waals surface area contributed by atoms with Crippen LogP contribution in [-0.4, -0.2) is 29.2 Å². The van der Waals surface area contributed by atoms with Crippen molar-refractivity contribution in [2.45, 2.75) is 45.3 Å². The molecule has 1 N–H and O–H groups in total. The Balaban J connectivity index is 1.50. The van der Waals surface area contributed by atoms with Crippen molar-refractivity contribution in [2.24, 2.45) is 5.41 Å². The molecule has 1 aliphatic carbocycles. The molecule has 2 aromatic heterocycles. The highest BCUT2D eigenvalue weighted by atomic mass is 32.1. The van der Waals surface area contributed by atoms with Crippen LogP contribution in [0.3, 0.4) is 0 Å². The minimum absolute atomic E-state index is 0.556. The van der Waals surface area contributed by atoms with Gasteiger partial charge in [0.25, 0.3) is 0 Å². The molecule has 0 radical (unpaired) electrons. The van der Waals surface area contributed by atoms with Gasteiger partial charge in [-0.25, -0.2) is 0 Å². The Kier molecular flexibility index (Phi) is 3.80. The van der Waals surface area contributed by atoms with Crippen molar-refractivity contribution in [3.05, 3.63) is 39.9 Å². The maximum atomic E-state index is 5.25. The highest BCUT2D eigenvalue weighted by Crippen LogP contribution is 2.56. The predicted octanol–water partition coefficient (Wildman–Crippen LogP) is 3.19. The van der Waals surface area contributed by atoms with E-state index in [2.05, 4.69) is 38.3 Å². The number of aryl methyl sites for hydroxylation is 1. The van der Waals surface area contributed by atoms with E-state index >= 15 is 0 Å². The Bertz CT molecular complexity index is 616. The van der Waals surface area contributed by atoms with Crippen LogP contribution in [0, 0.1) is 12.3 Å². The summed E-state index contributed by atoms with van der Waals surface area (Å²) in [5, 5.41) is 12.1. The minimum atomic E-state index is 0.556. The third-order valence-corrected chi connectivity index (χ3v) is 5.93. The first-order chi connectivity index (χ1) is 10.8. The zero-order chi connectivity index (χ0) is 15.0. The van der Waals surface area contributed by atoms with Gasteiger partial charge in [-0.1, -0.05) is 5.16 Å². The van der Waals surface area contributed by atoms with Gasteiger partial charge in [-0.2, -0.15) is 11.3 Å². The molecule has 2 aromatic rings. The number of nitrogens with one attached hydrogen (secondary N) is 1. The minimum Gasteiger partial charge on any atom is -0.361 e. The fourth-order valence-corrected chi connectivity index (χ4v) is 4.56. The van der Waals surface area contributed by atoms with Crippen molar-refractivity contribution in [1.82, 2.24) is 15.4 Å². The molecule has 0 aromatic carbocycles. The van der Waals surface area contributed by atoms with E-state index < -0.39 is 0 Å². The Morgan fingerprint density at radius 2 is 2.27 bits per heavy atom. The molecule has 1 saturated carbocycles. The Hall–Kier alpha value is -1.17. The molecular weight excluding hydrogens is 294 g/mol. The highest BCUT2D eigenvalue weighted by molar-refractivity contribution is 7.07. The van der Waals surface area contributed by atoms with Gasteiger partial charge in [-0.15, -0.1) is 0 Å². The summed E-state index contributed by atoms with van der Waals surface area (Å²) >= 11 is 1.78. The van der Waals surface area contributed by atoms with Crippen molar-refractivity contribution in [3.63, 3.8) is 0 Å². The van der Waals surface area contributed by atoms with Crippen LogP contribution >= 0.6 is 11.3 Å². The fraction of sp³-hybridized carbons (Fsp3) is 0.588. The molecule has 4 nitrogen and oxygen atoms in total. The molecule has 4 rings (SSSR count). The quantitative estimate of drug-likeness (QED) is 0.919. The zero-order valence-corrected chi connectivity index (χ0v) is 13.9. The normalized spacial score (nSPS) is 23.3. The molecule has 0 amide bonds. The zero-order valence-electron chi connectivity index (χ0n) is 13.0. The van der Waals surface area contributed by atoms with Gasteiger partial charge in [0.2, 0.25) is 0 Å². The molecule has 3 heterocycles. The topological polar surface area (TPSA) is 41.3 Å². The molecule has 1 spiro atoms. The lowest BCUT2D eigenvalue weighted by molar-refractivity contribution is 0.184. The SMILES string of the molecule is Cc1cc(CN(Cc2ccsc2)[C@H]2CC23CCNCC3)no1. The van der Waals surface area contributed by atoms with Crippen molar-refractivity contribution in [3.8, 4) is 0 Å². The monoisotopic (exact) mass is 317 g/mol. The van der Waals surface area contributed by atoms with E-state index in [1.807, 2.05) is 6.92 Å². The second-order valence-electron chi connectivity index (χ2n) is 6.80.